The molecule has 2 nitrogen and oxygen atoms in total. The van der Waals surface area contributed by atoms with E-state index in [0.717, 1.165) is 16.7 Å². The number of rotatable bonds is 4. The standard InChI is InChI=1S/C15H14BrFO2/c1-10-4-2-5-11(8-18)15(10)19-9-12-6-3-7-13(17)14(12)16/h2-7,18H,8-9H2,1H3. The summed E-state index contributed by atoms with van der Waals surface area (Å²) in [6, 6.07) is 10.4. The largest absolute Gasteiger partial charge is 0.488 e. The van der Waals surface area contributed by atoms with Crippen LogP contribution in [0.15, 0.2) is 40.9 Å². The predicted octanol–water partition coefficient (Wildman–Crippen LogP) is 3.97. The Morgan fingerprint density at radius 3 is 2.58 bits per heavy atom. The highest BCUT2D eigenvalue weighted by atomic mass is 79.9. The Balaban J connectivity index is 2.21. The van der Waals surface area contributed by atoms with Gasteiger partial charge in [-0.15, -0.1) is 0 Å². The first-order chi connectivity index (χ1) is 9.13. The van der Waals surface area contributed by atoms with E-state index in [0.29, 0.717) is 10.2 Å². The number of benzene rings is 2. The van der Waals surface area contributed by atoms with Crippen molar-refractivity contribution in [3.05, 3.63) is 63.4 Å². The minimum absolute atomic E-state index is 0.0820. The lowest BCUT2D eigenvalue weighted by Crippen LogP contribution is -2.02. The van der Waals surface area contributed by atoms with Crippen molar-refractivity contribution < 1.29 is 14.2 Å². The van der Waals surface area contributed by atoms with E-state index in [1.807, 2.05) is 25.1 Å². The maximum absolute atomic E-state index is 13.4. The van der Waals surface area contributed by atoms with Crippen LogP contribution in [-0.4, -0.2) is 5.11 Å². The van der Waals surface area contributed by atoms with Crippen molar-refractivity contribution in [3.8, 4) is 5.75 Å². The number of hydrogen-bond donors (Lipinski definition) is 1. The first-order valence-corrected chi connectivity index (χ1v) is 6.68. The fraction of sp³-hybridized carbons (Fsp3) is 0.200. The van der Waals surface area contributed by atoms with Crippen LogP contribution in [0.5, 0.6) is 5.75 Å². The molecule has 19 heavy (non-hydrogen) atoms. The maximum atomic E-state index is 13.4. The van der Waals surface area contributed by atoms with Crippen molar-refractivity contribution in [2.24, 2.45) is 0 Å². The summed E-state index contributed by atoms with van der Waals surface area (Å²) in [6.45, 7) is 2.08. The molecule has 0 aliphatic carbocycles. The molecule has 0 spiro atoms. The molecule has 0 bridgehead atoms. The molecular weight excluding hydrogens is 311 g/mol. The molecular formula is C15H14BrFO2. The Hall–Kier alpha value is -1.39. The van der Waals surface area contributed by atoms with Crippen LogP contribution < -0.4 is 4.74 Å². The molecule has 2 aromatic carbocycles. The van der Waals surface area contributed by atoms with Crippen LogP contribution in [0.25, 0.3) is 0 Å². The Kier molecular flexibility index (Phi) is 4.56. The van der Waals surface area contributed by atoms with Gasteiger partial charge in [-0.25, -0.2) is 4.39 Å². The summed E-state index contributed by atoms with van der Waals surface area (Å²) in [7, 11) is 0. The molecule has 0 aliphatic heterocycles. The van der Waals surface area contributed by atoms with E-state index in [1.165, 1.54) is 6.07 Å². The highest BCUT2D eigenvalue weighted by Gasteiger charge is 2.09. The second-order valence-corrected chi connectivity index (χ2v) is 5.02. The molecule has 0 aliphatic rings. The quantitative estimate of drug-likeness (QED) is 0.922. The van der Waals surface area contributed by atoms with Crippen LogP contribution in [0.4, 0.5) is 4.39 Å². The highest BCUT2D eigenvalue weighted by molar-refractivity contribution is 9.10. The monoisotopic (exact) mass is 324 g/mol. The molecule has 1 N–H and O–H groups in total. The smallest absolute Gasteiger partial charge is 0.137 e. The SMILES string of the molecule is Cc1cccc(CO)c1OCc1cccc(F)c1Br. The molecule has 0 radical (unpaired) electrons. The molecule has 100 valence electrons. The zero-order chi connectivity index (χ0) is 13.8. The summed E-state index contributed by atoms with van der Waals surface area (Å²) in [5.74, 6) is 0.342. The van der Waals surface area contributed by atoms with Gasteiger partial charge in [-0.2, -0.15) is 0 Å². The first kappa shape index (κ1) is 14.0. The molecule has 2 aromatic rings. The number of para-hydroxylation sites is 1. The highest BCUT2D eigenvalue weighted by Crippen LogP contribution is 2.26. The van der Waals surface area contributed by atoms with Gasteiger partial charge in [-0.1, -0.05) is 30.3 Å². The van der Waals surface area contributed by atoms with Gasteiger partial charge in [-0.05, 0) is 34.5 Å². The molecule has 0 amide bonds. The van der Waals surface area contributed by atoms with Gasteiger partial charge in [0.25, 0.3) is 0 Å². The third-order valence-electron chi connectivity index (χ3n) is 2.87. The fourth-order valence-corrected chi connectivity index (χ4v) is 2.23. The Morgan fingerprint density at radius 1 is 1.16 bits per heavy atom. The van der Waals surface area contributed by atoms with E-state index in [9.17, 15) is 9.50 Å². The average Bonchev–Trinajstić information content (AvgIpc) is 2.41. The molecule has 2 rings (SSSR count). The minimum Gasteiger partial charge on any atom is -0.488 e. The van der Waals surface area contributed by atoms with Gasteiger partial charge in [0.15, 0.2) is 0 Å². The van der Waals surface area contributed by atoms with Gasteiger partial charge in [0.05, 0.1) is 11.1 Å². The van der Waals surface area contributed by atoms with Gasteiger partial charge in [0, 0.05) is 11.1 Å². The molecule has 0 unspecified atom stereocenters. The van der Waals surface area contributed by atoms with E-state index in [4.69, 9.17) is 4.74 Å². The van der Waals surface area contributed by atoms with Gasteiger partial charge in [-0.3, -0.25) is 0 Å². The lowest BCUT2D eigenvalue weighted by molar-refractivity contribution is 0.257. The van der Waals surface area contributed by atoms with Crippen molar-refractivity contribution in [1.82, 2.24) is 0 Å². The lowest BCUT2D eigenvalue weighted by atomic mass is 10.1. The summed E-state index contributed by atoms with van der Waals surface area (Å²) >= 11 is 3.20. The molecule has 0 atom stereocenters. The second kappa shape index (κ2) is 6.17. The maximum Gasteiger partial charge on any atom is 0.137 e. The molecule has 0 saturated heterocycles. The van der Waals surface area contributed by atoms with E-state index >= 15 is 0 Å². The van der Waals surface area contributed by atoms with Gasteiger partial charge >= 0.3 is 0 Å². The normalized spacial score (nSPS) is 10.5. The number of aliphatic hydroxyl groups excluding tert-OH is 1. The van der Waals surface area contributed by atoms with Gasteiger partial charge in [0.1, 0.15) is 18.2 Å². The van der Waals surface area contributed by atoms with Crippen molar-refractivity contribution in [2.45, 2.75) is 20.1 Å². The van der Waals surface area contributed by atoms with E-state index in [2.05, 4.69) is 15.9 Å². The average molecular weight is 325 g/mol. The Bertz CT molecular complexity index is 584. The van der Waals surface area contributed by atoms with Gasteiger partial charge in [0.2, 0.25) is 0 Å². The minimum atomic E-state index is -0.312. The Morgan fingerprint density at radius 2 is 1.84 bits per heavy atom. The van der Waals surface area contributed by atoms with E-state index in [-0.39, 0.29) is 19.0 Å². The zero-order valence-corrected chi connectivity index (χ0v) is 12.1. The molecule has 4 heteroatoms. The lowest BCUT2D eigenvalue weighted by Gasteiger charge is -2.13. The van der Waals surface area contributed by atoms with Crippen LogP contribution in [0.3, 0.4) is 0 Å². The van der Waals surface area contributed by atoms with Crippen molar-refractivity contribution in [3.63, 3.8) is 0 Å². The third kappa shape index (κ3) is 3.14. The van der Waals surface area contributed by atoms with E-state index < -0.39 is 0 Å². The predicted molar refractivity (Wildman–Crippen MR) is 75.5 cm³/mol. The summed E-state index contributed by atoms with van der Waals surface area (Å²) in [5, 5.41) is 9.29. The van der Waals surface area contributed by atoms with Crippen LogP contribution in [0, 0.1) is 12.7 Å². The van der Waals surface area contributed by atoms with Crippen LogP contribution in [0.2, 0.25) is 0 Å². The summed E-state index contributed by atoms with van der Waals surface area (Å²) in [4.78, 5) is 0. The number of hydrogen-bond acceptors (Lipinski definition) is 2. The van der Waals surface area contributed by atoms with Crippen molar-refractivity contribution in [2.75, 3.05) is 0 Å². The van der Waals surface area contributed by atoms with E-state index in [1.54, 1.807) is 12.1 Å². The molecule has 0 heterocycles. The van der Waals surface area contributed by atoms with Crippen molar-refractivity contribution in [1.29, 1.82) is 0 Å². The van der Waals surface area contributed by atoms with Crippen LogP contribution in [0.1, 0.15) is 16.7 Å². The summed E-state index contributed by atoms with van der Waals surface area (Å²) < 4.78 is 19.5. The van der Waals surface area contributed by atoms with Crippen molar-refractivity contribution >= 4 is 15.9 Å². The zero-order valence-electron chi connectivity index (χ0n) is 10.5. The second-order valence-electron chi connectivity index (χ2n) is 4.22. The summed E-state index contributed by atoms with van der Waals surface area (Å²) in [6.07, 6.45) is 0. The first-order valence-electron chi connectivity index (χ1n) is 5.88. The Labute approximate surface area is 120 Å². The number of halogens is 2. The summed E-state index contributed by atoms with van der Waals surface area (Å²) in [5.41, 5.74) is 2.40. The number of aliphatic hydroxyl groups is 1. The number of aryl methyl sites for hydroxylation is 1. The molecule has 0 saturated carbocycles. The van der Waals surface area contributed by atoms with Crippen LogP contribution in [-0.2, 0) is 13.2 Å². The molecule has 0 aromatic heterocycles. The fourth-order valence-electron chi connectivity index (χ4n) is 1.85. The molecule has 0 fully saturated rings. The topological polar surface area (TPSA) is 29.5 Å². The third-order valence-corrected chi connectivity index (χ3v) is 3.76. The van der Waals surface area contributed by atoms with Gasteiger partial charge < -0.3 is 9.84 Å². The number of ether oxygens (including phenoxy) is 1. The van der Waals surface area contributed by atoms with Crippen LogP contribution >= 0.6 is 15.9 Å².